The first-order valence-electron chi connectivity index (χ1n) is 6.51. The molecule has 0 bridgehead atoms. The van der Waals surface area contributed by atoms with E-state index < -0.39 is 5.76 Å². The minimum Gasteiger partial charge on any atom is -0.448 e. The molecule has 2 N–H and O–H groups in total. The van der Waals surface area contributed by atoms with E-state index in [1.54, 1.807) is 0 Å². The second-order valence-electron chi connectivity index (χ2n) is 4.78. The molecule has 1 aliphatic carbocycles. The third-order valence-electron chi connectivity index (χ3n) is 3.36. The van der Waals surface area contributed by atoms with Gasteiger partial charge in [0.15, 0.2) is 17.4 Å². The average molecular weight is 278 g/mol. The van der Waals surface area contributed by atoms with Gasteiger partial charge in [0.2, 0.25) is 0 Å². The predicted octanol–water partition coefficient (Wildman–Crippen LogP) is 0.938. The maximum Gasteiger partial charge on any atom is 0.438 e. The molecule has 1 saturated carbocycles. The Morgan fingerprint density at radius 2 is 2.25 bits per heavy atom. The number of carbonyl (C=O) groups is 1. The van der Waals surface area contributed by atoms with Gasteiger partial charge in [-0.3, -0.25) is 14.3 Å². The molecule has 8 heteroatoms. The molecule has 106 valence electrons. The van der Waals surface area contributed by atoms with Crippen LogP contribution in [0.4, 0.5) is 0 Å². The van der Waals surface area contributed by atoms with Crippen molar-refractivity contribution in [2.75, 3.05) is 0 Å². The molecule has 2 heterocycles. The van der Waals surface area contributed by atoms with E-state index in [4.69, 9.17) is 4.42 Å². The van der Waals surface area contributed by atoms with E-state index in [0.717, 1.165) is 12.8 Å². The maximum atomic E-state index is 11.9. The van der Waals surface area contributed by atoms with Gasteiger partial charge in [0, 0.05) is 5.92 Å². The lowest BCUT2D eigenvalue weighted by Crippen LogP contribution is -2.24. The molecule has 0 aliphatic heterocycles. The molecule has 1 fully saturated rings. The number of nitrogens with zero attached hydrogens (tertiary/aromatic N) is 2. The number of carbonyl (C=O) groups excluding carboxylic acids is 1. The van der Waals surface area contributed by atoms with E-state index in [1.165, 1.54) is 19.1 Å². The molecular formula is C12H14N4O4. The van der Waals surface area contributed by atoms with Crippen molar-refractivity contribution in [1.82, 2.24) is 20.4 Å². The van der Waals surface area contributed by atoms with E-state index >= 15 is 0 Å². The van der Waals surface area contributed by atoms with Gasteiger partial charge in [0.1, 0.15) is 6.26 Å². The van der Waals surface area contributed by atoms with Crippen LogP contribution in [0.15, 0.2) is 20.0 Å². The lowest BCUT2D eigenvalue weighted by atomic mass is 10.1. The summed E-state index contributed by atoms with van der Waals surface area (Å²) < 4.78 is 9.69. The third-order valence-corrected chi connectivity index (χ3v) is 3.36. The van der Waals surface area contributed by atoms with Crippen molar-refractivity contribution >= 4 is 5.91 Å². The molecular weight excluding hydrogens is 264 g/mol. The highest BCUT2D eigenvalue weighted by Crippen LogP contribution is 2.33. The summed E-state index contributed by atoms with van der Waals surface area (Å²) in [5.74, 6) is 0.176. The molecule has 0 spiro atoms. The van der Waals surface area contributed by atoms with Crippen LogP contribution < -0.4 is 11.1 Å². The van der Waals surface area contributed by atoms with Gasteiger partial charge in [-0.25, -0.2) is 9.78 Å². The lowest BCUT2D eigenvalue weighted by Gasteiger charge is -2.01. The quantitative estimate of drug-likeness (QED) is 0.860. The summed E-state index contributed by atoms with van der Waals surface area (Å²) in [4.78, 5) is 29.2. The molecule has 0 unspecified atom stereocenters. The van der Waals surface area contributed by atoms with Crippen LogP contribution in [0, 0.1) is 0 Å². The smallest absolute Gasteiger partial charge is 0.438 e. The number of hydrogen-bond donors (Lipinski definition) is 2. The summed E-state index contributed by atoms with van der Waals surface area (Å²) >= 11 is 0. The number of hydrogen-bond acceptors (Lipinski definition) is 6. The fourth-order valence-electron chi connectivity index (χ4n) is 2.34. The van der Waals surface area contributed by atoms with Gasteiger partial charge in [-0.1, -0.05) is 18.0 Å². The Bertz CT molecular complexity index is 650. The van der Waals surface area contributed by atoms with Crippen molar-refractivity contribution in [3.05, 3.63) is 34.2 Å². The maximum absolute atomic E-state index is 11.9. The number of amides is 1. The average Bonchev–Trinajstić information content (AvgIpc) is 3.16. The number of H-pyrrole nitrogens is 1. The third kappa shape index (κ3) is 2.63. The second kappa shape index (κ2) is 5.32. The minimum atomic E-state index is -0.654. The molecule has 3 rings (SSSR count). The second-order valence-corrected chi connectivity index (χ2v) is 4.78. The standard InChI is InChI=1S/C12H14N4O4/c17-10(13-5-9-15-12(18)20-16-9)8-6-19-11(14-8)7-3-1-2-4-7/h6-7H,1-5H2,(H,13,17)(H,15,16,18). The Morgan fingerprint density at radius 1 is 1.45 bits per heavy atom. The Kier molecular flexibility index (Phi) is 3.36. The fourth-order valence-corrected chi connectivity index (χ4v) is 2.34. The van der Waals surface area contributed by atoms with Crippen LogP contribution in [0.5, 0.6) is 0 Å². The number of oxazole rings is 1. The Morgan fingerprint density at radius 3 is 2.95 bits per heavy atom. The Labute approximate surface area is 113 Å². The Hall–Kier alpha value is -2.38. The van der Waals surface area contributed by atoms with Gasteiger partial charge in [0.25, 0.3) is 5.91 Å². The van der Waals surface area contributed by atoms with Crippen molar-refractivity contribution in [2.45, 2.75) is 38.1 Å². The van der Waals surface area contributed by atoms with Crippen molar-refractivity contribution < 1.29 is 13.7 Å². The number of nitrogens with one attached hydrogen (secondary N) is 2. The topological polar surface area (TPSA) is 114 Å². The van der Waals surface area contributed by atoms with Crippen LogP contribution in [0.25, 0.3) is 0 Å². The van der Waals surface area contributed by atoms with Gasteiger partial charge in [-0.2, -0.15) is 0 Å². The fraction of sp³-hybridized carbons (Fsp3) is 0.500. The van der Waals surface area contributed by atoms with Crippen molar-refractivity contribution in [1.29, 1.82) is 0 Å². The number of rotatable bonds is 4. The van der Waals surface area contributed by atoms with Crippen molar-refractivity contribution in [2.24, 2.45) is 0 Å². The highest BCUT2D eigenvalue weighted by molar-refractivity contribution is 5.91. The summed E-state index contributed by atoms with van der Waals surface area (Å²) in [6.07, 6.45) is 5.82. The number of aromatic amines is 1. The summed E-state index contributed by atoms with van der Waals surface area (Å²) in [5.41, 5.74) is 0.234. The molecule has 8 nitrogen and oxygen atoms in total. The van der Waals surface area contributed by atoms with Gasteiger partial charge >= 0.3 is 5.76 Å². The molecule has 0 aromatic carbocycles. The number of aromatic nitrogens is 3. The molecule has 20 heavy (non-hydrogen) atoms. The van der Waals surface area contributed by atoms with Crippen LogP contribution in [0.2, 0.25) is 0 Å². The van der Waals surface area contributed by atoms with Gasteiger partial charge in [0.05, 0.1) is 6.54 Å². The zero-order valence-electron chi connectivity index (χ0n) is 10.7. The van der Waals surface area contributed by atoms with Crippen LogP contribution in [0.3, 0.4) is 0 Å². The Balaban J connectivity index is 1.60. The summed E-state index contributed by atoms with van der Waals surface area (Å²) in [6, 6.07) is 0. The molecule has 0 atom stereocenters. The minimum absolute atomic E-state index is 0.0657. The van der Waals surface area contributed by atoms with Crippen LogP contribution >= 0.6 is 0 Å². The van der Waals surface area contributed by atoms with Crippen molar-refractivity contribution in [3.8, 4) is 0 Å². The van der Waals surface area contributed by atoms with Crippen LogP contribution in [0.1, 0.15) is 53.8 Å². The van der Waals surface area contributed by atoms with E-state index in [-0.39, 0.29) is 24.0 Å². The first-order chi connectivity index (χ1) is 9.72. The largest absolute Gasteiger partial charge is 0.448 e. The first-order valence-corrected chi connectivity index (χ1v) is 6.51. The molecule has 2 aromatic heterocycles. The zero-order valence-corrected chi connectivity index (χ0v) is 10.7. The van der Waals surface area contributed by atoms with E-state index in [2.05, 4.69) is 25.0 Å². The molecule has 1 amide bonds. The lowest BCUT2D eigenvalue weighted by molar-refractivity contribution is 0.0944. The van der Waals surface area contributed by atoms with E-state index in [0.29, 0.717) is 11.8 Å². The molecule has 1 aliphatic rings. The summed E-state index contributed by atoms with van der Waals surface area (Å²) in [6.45, 7) is 0.0657. The SMILES string of the molecule is O=C(NCc1noc(=O)[nH]1)c1coc(C2CCCC2)n1. The van der Waals surface area contributed by atoms with Gasteiger partial charge < -0.3 is 9.73 Å². The van der Waals surface area contributed by atoms with E-state index in [9.17, 15) is 9.59 Å². The van der Waals surface area contributed by atoms with Gasteiger partial charge in [-0.15, -0.1) is 0 Å². The van der Waals surface area contributed by atoms with Crippen LogP contribution in [-0.2, 0) is 6.54 Å². The summed E-state index contributed by atoms with van der Waals surface area (Å²) in [5, 5.41) is 6.03. The van der Waals surface area contributed by atoms with Gasteiger partial charge in [-0.05, 0) is 12.8 Å². The highest BCUT2D eigenvalue weighted by atomic mass is 16.5. The zero-order chi connectivity index (χ0) is 13.9. The highest BCUT2D eigenvalue weighted by Gasteiger charge is 2.23. The predicted molar refractivity (Wildman–Crippen MR) is 66.0 cm³/mol. The molecule has 0 radical (unpaired) electrons. The first kappa shape index (κ1) is 12.6. The van der Waals surface area contributed by atoms with Crippen molar-refractivity contribution in [3.63, 3.8) is 0 Å². The monoisotopic (exact) mass is 278 g/mol. The normalized spacial score (nSPS) is 15.6. The molecule has 0 saturated heterocycles. The molecule has 2 aromatic rings. The summed E-state index contributed by atoms with van der Waals surface area (Å²) in [7, 11) is 0. The van der Waals surface area contributed by atoms with Crippen LogP contribution in [-0.4, -0.2) is 21.0 Å². The van der Waals surface area contributed by atoms with E-state index in [1.807, 2.05) is 0 Å².